The molecule has 0 saturated carbocycles. The predicted octanol–water partition coefficient (Wildman–Crippen LogP) is 2.87. The Bertz CT molecular complexity index is 467. The lowest BCUT2D eigenvalue weighted by Gasteiger charge is -2.03. The van der Waals surface area contributed by atoms with Gasteiger partial charge in [0.2, 0.25) is 0 Å². The van der Waals surface area contributed by atoms with Crippen molar-refractivity contribution in [3.63, 3.8) is 0 Å². The third-order valence-electron chi connectivity index (χ3n) is 1.69. The summed E-state index contributed by atoms with van der Waals surface area (Å²) in [7, 11) is 0. The van der Waals surface area contributed by atoms with Crippen LogP contribution in [0, 0.1) is 6.92 Å². The zero-order valence-electron chi connectivity index (χ0n) is 7.11. The fourth-order valence-electron chi connectivity index (χ4n) is 1.10. The maximum atomic E-state index is 5.97. The Balaban J connectivity index is 2.60. The fourth-order valence-corrected chi connectivity index (χ4v) is 1.73. The van der Waals surface area contributed by atoms with E-state index in [-0.39, 0.29) is 0 Å². The zero-order chi connectivity index (χ0) is 10.1. The van der Waals surface area contributed by atoms with Crippen LogP contribution in [0.5, 0.6) is 0 Å². The van der Waals surface area contributed by atoms with Crippen molar-refractivity contribution in [3.05, 3.63) is 46.6 Å². The number of hydrogen-bond donors (Lipinski definition) is 0. The van der Waals surface area contributed by atoms with Gasteiger partial charge < -0.3 is 0 Å². The van der Waals surface area contributed by atoms with E-state index in [9.17, 15) is 0 Å². The standard InChI is InChI=1S/C9H6BrClN3/c1-6-5-8(10)13-14(6)9-7(11)3-2-4-12-9/h2-5H,1H2. The van der Waals surface area contributed by atoms with Gasteiger partial charge in [0.05, 0.1) is 5.02 Å². The van der Waals surface area contributed by atoms with Crippen LogP contribution in [0.4, 0.5) is 0 Å². The van der Waals surface area contributed by atoms with Crippen LogP contribution in [0.2, 0.25) is 5.02 Å². The summed E-state index contributed by atoms with van der Waals surface area (Å²) in [6.07, 6.45) is 1.66. The molecule has 0 saturated heterocycles. The molecule has 14 heavy (non-hydrogen) atoms. The molecule has 0 unspecified atom stereocenters. The summed E-state index contributed by atoms with van der Waals surface area (Å²) in [6, 6.07) is 5.33. The molecule has 0 atom stereocenters. The molecule has 0 N–H and O–H groups in total. The van der Waals surface area contributed by atoms with Gasteiger partial charge in [-0.2, -0.15) is 5.10 Å². The van der Waals surface area contributed by atoms with Crippen LogP contribution in [-0.4, -0.2) is 14.8 Å². The number of aromatic nitrogens is 3. The van der Waals surface area contributed by atoms with Crippen molar-refractivity contribution in [3.8, 4) is 5.82 Å². The molecule has 0 fully saturated rings. The highest BCUT2D eigenvalue weighted by atomic mass is 79.9. The SMILES string of the molecule is [CH2]c1cc(Br)nn1-c1ncccc1Cl. The molecule has 0 aromatic carbocycles. The van der Waals surface area contributed by atoms with Gasteiger partial charge in [-0.3, -0.25) is 0 Å². The molecule has 5 heteroatoms. The number of halogens is 2. The van der Waals surface area contributed by atoms with Crippen molar-refractivity contribution in [2.45, 2.75) is 0 Å². The predicted molar refractivity (Wildman–Crippen MR) is 58.5 cm³/mol. The summed E-state index contributed by atoms with van der Waals surface area (Å²) in [4.78, 5) is 4.13. The van der Waals surface area contributed by atoms with E-state index in [1.54, 1.807) is 29.1 Å². The Morgan fingerprint density at radius 2 is 2.29 bits per heavy atom. The van der Waals surface area contributed by atoms with Crippen molar-refractivity contribution >= 4 is 27.5 Å². The van der Waals surface area contributed by atoms with Crippen LogP contribution in [0.1, 0.15) is 5.69 Å². The summed E-state index contributed by atoms with van der Waals surface area (Å²) < 4.78 is 2.30. The molecule has 2 rings (SSSR count). The highest BCUT2D eigenvalue weighted by molar-refractivity contribution is 9.10. The molecule has 0 aliphatic carbocycles. The van der Waals surface area contributed by atoms with Crippen LogP contribution < -0.4 is 0 Å². The van der Waals surface area contributed by atoms with Gasteiger partial charge in [0, 0.05) is 11.9 Å². The van der Waals surface area contributed by atoms with E-state index in [1.165, 1.54) is 0 Å². The van der Waals surface area contributed by atoms with Gasteiger partial charge in [-0.1, -0.05) is 11.6 Å². The Labute approximate surface area is 94.9 Å². The minimum atomic E-state index is 0.549. The maximum absolute atomic E-state index is 5.97. The van der Waals surface area contributed by atoms with Crippen molar-refractivity contribution in [2.75, 3.05) is 0 Å². The highest BCUT2D eigenvalue weighted by Crippen LogP contribution is 2.20. The van der Waals surface area contributed by atoms with Gasteiger partial charge in [-0.25, -0.2) is 9.67 Å². The average molecular weight is 272 g/mol. The Morgan fingerprint density at radius 1 is 1.50 bits per heavy atom. The minimum absolute atomic E-state index is 0.549. The van der Waals surface area contributed by atoms with E-state index >= 15 is 0 Å². The lowest BCUT2D eigenvalue weighted by Crippen LogP contribution is -2.01. The first-order chi connectivity index (χ1) is 6.68. The molecule has 0 aliphatic rings. The summed E-state index contributed by atoms with van der Waals surface area (Å²) in [6.45, 7) is 3.83. The van der Waals surface area contributed by atoms with E-state index in [1.807, 2.05) is 0 Å². The molecule has 0 aliphatic heterocycles. The summed E-state index contributed by atoms with van der Waals surface area (Å²) in [5.74, 6) is 0.588. The summed E-state index contributed by atoms with van der Waals surface area (Å²) in [5.41, 5.74) is 0.734. The normalized spacial score (nSPS) is 10.5. The minimum Gasteiger partial charge on any atom is -0.236 e. The Kier molecular flexibility index (Phi) is 2.56. The number of pyridine rings is 1. The summed E-state index contributed by atoms with van der Waals surface area (Å²) in [5, 5.41) is 4.71. The van der Waals surface area contributed by atoms with Crippen LogP contribution in [-0.2, 0) is 0 Å². The molecule has 2 aromatic heterocycles. The molecule has 2 heterocycles. The number of nitrogens with zero attached hydrogens (tertiary/aromatic N) is 3. The Hall–Kier alpha value is -0.870. The third kappa shape index (κ3) is 1.67. The van der Waals surface area contributed by atoms with E-state index in [0.717, 1.165) is 5.69 Å². The maximum Gasteiger partial charge on any atom is 0.172 e. The van der Waals surface area contributed by atoms with E-state index in [4.69, 9.17) is 11.6 Å². The van der Waals surface area contributed by atoms with Gasteiger partial charge in [-0.05, 0) is 41.1 Å². The fraction of sp³-hybridized carbons (Fsp3) is 0. The molecule has 1 radical (unpaired) electrons. The van der Waals surface area contributed by atoms with E-state index in [2.05, 4.69) is 32.9 Å². The van der Waals surface area contributed by atoms with Crippen molar-refractivity contribution in [1.29, 1.82) is 0 Å². The van der Waals surface area contributed by atoms with Crippen LogP contribution in [0.15, 0.2) is 29.0 Å². The molecule has 71 valence electrons. The summed E-state index contributed by atoms with van der Waals surface area (Å²) >= 11 is 9.24. The molecular weight excluding hydrogens is 265 g/mol. The molecule has 0 bridgehead atoms. The van der Waals surface area contributed by atoms with Crippen molar-refractivity contribution < 1.29 is 0 Å². The van der Waals surface area contributed by atoms with Crippen LogP contribution in [0.3, 0.4) is 0 Å². The third-order valence-corrected chi connectivity index (χ3v) is 2.38. The number of rotatable bonds is 1. The van der Waals surface area contributed by atoms with Crippen LogP contribution >= 0.6 is 27.5 Å². The largest absolute Gasteiger partial charge is 0.236 e. The topological polar surface area (TPSA) is 30.7 Å². The van der Waals surface area contributed by atoms with Gasteiger partial charge in [0.1, 0.15) is 4.60 Å². The second kappa shape index (κ2) is 3.71. The quantitative estimate of drug-likeness (QED) is 0.798. The lowest BCUT2D eigenvalue weighted by atomic mass is 10.4. The average Bonchev–Trinajstić information content (AvgIpc) is 2.46. The molecule has 0 spiro atoms. The smallest absolute Gasteiger partial charge is 0.172 e. The second-order valence-corrected chi connectivity index (χ2v) is 3.90. The first kappa shape index (κ1) is 9.68. The second-order valence-electron chi connectivity index (χ2n) is 2.68. The van der Waals surface area contributed by atoms with Crippen LogP contribution in [0.25, 0.3) is 5.82 Å². The highest BCUT2D eigenvalue weighted by Gasteiger charge is 2.08. The first-order valence-electron chi connectivity index (χ1n) is 3.87. The lowest BCUT2D eigenvalue weighted by molar-refractivity contribution is 0.824. The molecule has 3 nitrogen and oxygen atoms in total. The molecule has 2 aromatic rings. The van der Waals surface area contributed by atoms with Gasteiger partial charge in [0.25, 0.3) is 0 Å². The van der Waals surface area contributed by atoms with Gasteiger partial charge in [0.15, 0.2) is 5.82 Å². The molecular formula is C9H6BrClN3. The van der Waals surface area contributed by atoms with Crippen molar-refractivity contribution in [2.24, 2.45) is 0 Å². The number of hydrogen-bond acceptors (Lipinski definition) is 2. The van der Waals surface area contributed by atoms with E-state index < -0.39 is 0 Å². The van der Waals surface area contributed by atoms with Crippen molar-refractivity contribution in [1.82, 2.24) is 14.8 Å². The van der Waals surface area contributed by atoms with E-state index in [0.29, 0.717) is 15.4 Å². The Morgan fingerprint density at radius 3 is 2.86 bits per heavy atom. The first-order valence-corrected chi connectivity index (χ1v) is 5.04. The van der Waals surface area contributed by atoms with Gasteiger partial charge >= 0.3 is 0 Å². The monoisotopic (exact) mass is 270 g/mol. The molecule has 0 amide bonds. The zero-order valence-corrected chi connectivity index (χ0v) is 9.46. The van der Waals surface area contributed by atoms with Gasteiger partial charge in [-0.15, -0.1) is 0 Å².